The van der Waals surface area contributed by atoms with E-state index in [1.165, 1.54) is 0 Å². The molecule has 0 spiro atoms. The maximum Gasteiger partial charge on any atom is 0.410 e. The van der Waals surface area contributed by atoms with Gasteiger partial charge in [-0.3, -0.25) is 4.79 Å². The molecule has 0 aromatic heterocycles. The Hall–Kier alpha value is -1.30. The molecule has 0 saturated carbocycles. The van der Waals surface area contributed by atoms with Crippen molar-refractivity contribution in [2.75, 3.05) is 26.2 Å². The first kappa shape index (κ1) is 15.8. The van der Waals surface area contributed by atoms with Gasteiger partial charge in [-0.05, 0) is 20.8 Å². The van der Waals surface area contributed by atoms with E-state index in [0.29, 0.717) is 26.1 Å². The monoisotopic (exact) mass is 272 g/mol. The van der Waals surface area contributed by atoms with Crippen LogP contribution in [0.2, 0.25) is 0 Å². The fourth-order valence-electron chi connectivity index (χ4n) is 2.04. The van der Waals surface area contributed by atoms with Crippen LogP contribution in [0.5, 0.6) is 0 Å². The molecule has 0 aliphatic carbocycles. The van der Waals surface area contributed by atoms with Gasteiger partial charge in [0, 0.05) is 26.1 Å². The van der Waals surface area contributed by atoms with Crippen molar-refractivity contribution in [2.45, 2.75) is 45.8 Å². The number of hydrogen-bond acceptors (Lipinski definition) is 4. The Bertz CT molecular complexity index is 338. The molecule has 1 atom stereocenters. The van der Waals surface area contributed by atoms with Gasteiger partial charge in [0.15, 0.2) is 0 Å². The van der Waals surface area contributed by atoms with E-state index in [9.17, 15) is 14.7 Å². The van der Waals surface area contributed by atoms with E-state index in [-0.39, 0.29) is 18.6 Å². The van der Waals surface area contributed by atoms with E-state index in [2.05, 4.69) is 0 Å². The maximum absolute atomic E-state index is 11.9. The second kappa shape index (κ2) is 6.23. The zero-order valence-corrected chi connectivity index (χ0v) is 12.2. The first-order valence-electron chi connectivity index (χ1n) is 6.66. The van der Waals surface area contributed by atoms with Gasteiger partial charge in [0.1, 0.15) is 5.60 Å². The van der Waals surface area contributed by atoms with Gasteiger partial charge >= 0.3 is 6.09 Å². The number of rotatable bonds is 2. The van der Waals surface area contributed by atoms with Crippen LogP contribution in [-0.2, 0) is 9.53 Å². The quantitative estimate of drug-likeness (QED) is 0.808. The number of carbonyl (C=O) groups excluding carboxylic acids is 2. The highest BCUT2D eigenvalue weighted by atomic mass is 16.6. The Morgan fingerprint density at radius 3 is 2.42 bits per heavy atom. The van der Waals surface area contributed by atoms with E-state index in [0.717, 1.165) is 0 Å². The summed E-state index contributed by atoms with van der Waals surface area (Å²) in [4.78, 5) is 26.8. The Balaban J connectivity index is 2.64. The highest BCUT2D eigenvalue weighted by Crippen LogP contribution is 2.15. The summed E-state index contributed by atoms with van der Waals surface area (Å²) in [5.74, 6) is 0.00267. The topological polar surface area (TPSA) is 70.1 Å². The van der Waals surface area contributed by atoms with Crippen molar-refractivity contribution >= 4 is 12.0 Å². The minimum Gasteiger partial charge on any atom is -0.444 e. The van der Waals surface area contributed by atoms with Gasteiger partial charge < -0.3 is 19.6 Å². The number of amides is 2. The minimum atomic E-state index is -0.540. The molecule has 19 heavy (non-hydrogen) atoms. The Labute approximate surface area is 114 Å². The number of carbonyl (C=O) groups is 2. The number of nitrogens with zero attached hydrogens (tertiary/aromatic N) is 2. The van der Waals surface area contributed by atoms with Gasteiger partial charge in [0.2, 0.25) is 5.91 Å². The molecule has 0 bridgehead atoms. The lowest BCUT2D eigenvalue weighted by molar-refractivity contribution is -0.137. The summed E-state index contributed by atoms with van der Waals surface area (Å²) in [6, 6.07) is -0.339. The Kier molecular flexibility index (Phi) is 5.17. The summed E-state index contributed by atoms with van der Waals surface area (Å²) in [5.41, 5.74) is -0.540. The molecule has 0 aromatic carbocycles. The zero-order chi connectivity index (χ0) is 14.6. The summed E-state index contributed by atoms with van der Waals surface area (Å²) in [7, 11) is 0. The number of aliphatic hydroxyl groups is 1. The predicted octanol–water partition coefficient (Wildman–Crippen LogP) is 0.837. The molecule has 1 fully saturated rings. The molecule has 0 unspecified atom stereocenters. The van der Waals surface area contributed by atoms with E-state index in [1.54, 1.807) is 16.7 Å². The predicted molar refractivity (Wildman–Crippen MR) is 70.7 cm³/mol. The lowest BCUT2D eigenvalue weighted by atomic mass is 10.1. The second-order valence-corrected chi connectivity index (χ2v) is 5.70. The lowest BCUT2D eigenvalue weighted by Gasteiger charge is -2.40. The molecular weight excluding hydrogens is 248 g/mol. The first-order valence-corrected chi connectivity index (χ1v) is 6.66. The van der Waals surface area contributed by atoms with Gasteiger partial charge in [-0.25, -0.2) is 4.79 Å². The van der Waals surface area contributed by atoms with Crippen molar-refractivity contribution in [3.05, 3.63) is 0 Å². The van der Waals surface area contributed by atoms with Crippen LogP contribution < -0.4 is 0 Å². The number of hydrogen-bond donors (Lipinski definition) is 1. The molecular formula is C13H24N2O4. The van der Waals surface area contributed by atoms with Gasteiger partial charge in [0.05, 0.1) is 12.6 Å². The van der Waals surface area contributed by atoms with Crippen molar-refractivity contribution in [3.63, 3.8) is 0 Å². The van der Waals surface area contributed by atoms with Crippen LogP contribution in [0.25, 0.3) is 0 Å². The van der Waals surface area contributed by atoms with Crippen molar-refractivity contribution in [1.29, 1.82) is 0 Å². The van der Waals surface area contributed by atoms with E-state index < -0.39 is 11.7 Å². The summed E-state index contributed by atoms with van der Waals surface area (Å²) in [6.45, 7) is 8.27. The van der Waals surface area contributed by atoms with E-state index in [1.807, 2.05) is 20.8 Å². The van der Waals surface area contributed by atoms with E-state index in [4.69, 9.17) is 4.74 Å². The number of ether oxygens (including phenoxy) is 1. The third-order valence-electron chi connectivity index (χ3n) is 2.97. The molecule has 110 valence electrons. The molecule has 6 nitrogen and oxygen atoms in total. The summed E-state index contributed by atoms with van der Waals surface area (Å²) < 4.78 is 5.29. The van der Waals surface area contributed by atoms with Gasteiger partial charge in [0.25, 0.3) is 0 Å². The smallest absolute Gasteiger partial charge is 0.410 e. The fourth-order valence-corrected chi connectivity index (χ4v) is 2.04. The Morgan fingerprint density at radius 1 is 1.32 bits per heavy atom. The number of piperazine rings is 1. The first-order chi connectivity index (χ1) is 8.78. The highest BCUT2D eigenvalue weighted by molar-refractivity contribution is 5.77. The SMILES string of the molecule is CCC(=O)N1CCN(C(=O)OC(C)(C)C)C[C@H]1CO. The van der Waals surface area contributed by atoms with Crippen LogP contribution in [0.3, 0.4) is 0 Å². The van der Waals surface area contributed by atoms with Crippen LogP contribution in [0.4, 0.5) is 4.79 Å². The molecule has 6 heteroatoms. The largest absolute Gasteiger partial charge is 0.444 e. The van der Waals surface area contributed by atoms with Crippen LogP contribution in [0, 0.1) is 0 Å². The highest BCUT2D eigenvalue weighted by Gasteiger charge is 2.33. The molecule has 0 aromatic rings. The van der Waals surface area contributed by atoms with Crippen molar-refractivity contribution in [1.82, 2.24) is 9.80 Å². The third kappa shape index (κ3) is 4.38. The second-order valence-electron chi connectivity index (χ2n) is 5.70. The van der Waals surface area contributed by atoms with Gasteiger partial charge in [-0.1, -0.05) is 6.92 Å². The standard InChI is InChI=1S/C13H24N2O4/c1-5-11(17)15-7-6-14(8-10(15)9-16)12(18)19-13(2,3)4/h10,16H,5-9H2,1-4H3/t10-/m0/s1. The van der Waals surface area contributed by atoms with Crippen molar-refractivity contribution < 1.29 is 19.4 Å². The van der Waals surface area contributed by atoms with Crippen molar-refractivity contribution in [2.24, 2.45) is 0 Å². The van der Waals surface area contributed by atoms with Gasteiger partial charge in [-0.15, -0.1) is 0 Å². The molecule has 0 radical (unpaired) electrons. The normalized spacial score (nSPS) is 20.4. The molecule has 1 rings (SSSR count). The molecule has 1 saturated heterocycles. The third-order valence-corrected chi connectivity index (χ3v) is 2.97. The molecule has 2 amide bonds. The van der Waals surface area contributed by atoms with Crippen LogP contribution in [0.15, 0.2) is 0 Å². The molecule has 1 aliphatic heterocycles. The van der Waals surface area contributed by atoms with Crippen LogP contribution in [-0.4, -0.2) is 64.8 Å². The maximum atomic E-state index is 11.9. The van der Waals surface area contributed by atoms with Crippen LogP contribution in [0.1, 0.15) is 34.1 Å². The Morgan fingerprint density at radius 2 is 1.95 bits per heavy atom. The van der Waals surface area contributed by atoms with E-state index >= 15 is 0 Å². The average molecular weight is 272 g/mol. The zero-order valence-electron chi connectivity index (χ0n) is 12.2. The lowest BCUT2D eigenvalue weighted by Crippen LogP contribution is -2.58. The summed E-state index contributed by atoms with van der Waals surface area (Å²) in [6.07, 6.45) is 0.0118. The minimum absolute atomic E-state index is 0.00267. The van der Waals surface area contributed by atoms with Gasteiger partial charge in [-0.2, -0.15) is 0 Å². The fraction of sp³-hybridized carbons (Fsp3) is 0.846. The van der Waals surface area contributed by atoms with Crippen LogP contribution >= 0.6 is 0 Å². The summed E-state index contributed by atoms with van der Waals surface area (Å²) in [5, 5.41) is 9.37. The van der Waals surface area contributed by atoms with Crippen molar-refractivity contribution in [3.8, 4) is 0 Å². The molecule has 1 aliphatic rings. The summed E-state index contributed by atoms with van der Waals surface area (Å²) >= 11 is 0. The average Bonchev–Trinajstić information content (AvgIpc) is 2.35. The molecule has 1 N–H and O–H groups in total. The molecule has 1 heterocycles. The number of aliphatic hydroxyl groups excluding tert-OH is 1.